The summed E-state index contributed by atoms with van der Waals surface area (Å²) >= 11 is 0. The number of hydrogen-bond donors (Lipinski definition) is 2. The number of rotatable bonds is 4. The molecule has 2 unspecified atom stereocenters. The van der Waals surface area contributed by atoms with Crippen LogP contribution < -0.4 is 10.1 Å². The molecule has 2 rings (SSSR count). The van der Waals surface area contributed by atoms with E-state index in [0.717, 1.165) is 30.8 Å². The minimum atomic E-state index is 0.174. The van der Waals surface area contributed by atoms with Crippen LogP contribution in [0.4, 0.5) is 0 Å². The Morgan fingerprint density at radius 1 is 1.35 bits per heavy atom. The predicted molar refractivity (Wildman–Crippen MR) is 81.3 cm³/mol. The van der Waals surface area contributed by atoms with E-state index >= 15 is 0 Å². The number of aromatic hydroxyl groups is 1. The van der Waals surface area contributed by atoms with Gasteiger partial charge in [-0.1, -0.05) is 0 Å². The Bertz CT molecular complexity index is 428. The van der Waals surface area contributed by atoms with Crippen LogP contribution in [0.2, 0.25) is 0 Å². The molecule has 1 aromatic carbocycles. The minimum Gasteiger partial charge on any atom is -0.508 e. The molecule has 0 radical (unpaired) electrons. The van der Waals surface area contributed by atoms with Gasteiger partial charge in [0.15, 0.2) is 0 Å². The molecule has 1 aromatic rings. The third-order valence-corrected chi connectivity index (χ3v) is 4.42. The first-order chi connectivity index (χ1) is 9.63. The van der Waals surface area contributed by atoms with Crippen molar-refractivity contribution in [1.82, 2.24) is 10.2 Å². The van der Waals surface area contributed by atoms with Gasteiger partial charge >= 0.3 is 0 Å². The van der Waals surface area contributed by atoms with Crippen molar-refractivity contribution in [2.24, 2.45) is 0 Å². The lowest BCUT2D eigenvalue weighted by Gasteiger charge is -2.33. The summed E-state index contributed by atoms with van der Waals surface area (Å²) in [6, 6.07) is 6.18. The number of benzene rings is 1. The standard InChI is InChI=1S/C16H26N2O2/c1-12(15-11-14(20-3)6-7-16(15)19)18(2)13-5-4-9-17-10-8-13/h6-7,11-13,17,19H,4-5,8-10H2,1-3H3. The SMILES string of the molecule is COc1ccc(O)c(C(C)N(C)C2CCCNCC2)c1. The number of phenols is 1. The Morgan fingerprint density at radius 3 is 2.90 bits per heavy atom. The van der Waals surface area contributed by atoms with E-state index < -0.39 is 0 Å². The van der Waals surface area contributed by atoms with E-state index in [1.807, 2.05) is 6.07 Å². The molecule has 4 heteroatoms. The summed E-state index contributed by atoms with van der Waals surface area (Å²) in [5.74, 6) is 1.14. The zero-order chi connectivity index (χ0) is 14.5. The third kappa shape index (κ3) is 3.44. The molecule has 0 aliphatic carbocycles. The molecule has 1 fully saturated rings. The molecule has 0 saturated carbocycles. The van der Waals surface area contributed by atoms with Gasteiger partial charge in [-0.2, -0.15) is 0 Å². The molecule has 1 aliphatic heterocycles. The summed E-state index contributed by atoms with van der Waals surface area (Å²) in [5, 5.41) is 13.6. The fourth-order valence-electron chi connectivity index (χ4n) is 2.94. The molecular formula is C16H26N2O2. The van der Waals surface area contributed by atoms with E-state index in [4.69, 9.17) is 4.74 Å². The van der Waals surface area contributed by atoms with Crippen LogP contribution in [0.25, 0.3) is 0 Å². The van der Waals surface area contributed by atoms with Gasteiger partial charge in [0.25, 0.3) is 0 Å². The number of methoxy groups -OCH3 is 1. The Labute approximate surface area is 121 Å². The summed E-state index contributed by atoms with van der Waals surface area (Å²) < 4.78 is 5.27. The summed E-state index contributed by atoms with van der Waals surface area (Å²) in [4.78, 5) is 2.38. The van der Waals surface area contributed by atoms with Crippen molar-refractivity contribution in [1.29, 1.82) is 0 Å². The molecule has 1 heterocycles. The van der Waals surface area contributed by atoms with Gasteiger partial charge in [-0.15, -0.1) is 0 Å². The van der Waals surface area contributed by atoms with E-state index in [1.165, 1.54) is 12.8 Å². The fraction of sp³-hybridized carbons (Fsp3) is 0.625. The second kappa shape index (κ2) is 6.95. The highest BCUT2D eigenvalue weighted by molar-refractivity contribution is 5.41. The molecular weight excluding hydrogens is 252 g/mol. The third-order valence-electron chi connectivity index (χ3n) is 4.42. The van der Waals surface area contributed by atoms with Gasteiger partial charge in [0, 0.05) is 17.6 Å². The van der Waals surface area contributed by atoms with Crippen molar-refractivity contribution < 1.29 is 9.84 Å². The lowest BCUT2D eigenvalue weighted by Crippen LogP contribution is -2.34. The van der Waals surface area contributed by atoms with Crippen LogP contribution in [0.3, 0.4) is 0 Å². The summed E-state index contributed by atoms with van der Waals surface area (Å²) in [6.07, 6.45) is 3.58. The van der Waals surface area contributed by atoms with E-state index in [2.05, 4.69) is 24.2 Å². The average molecular weight is 278 g/mol. The maximum atomic E-state index is 10.1. The molecule has 0 spiro atoms. The molecule has 4 nitrogen and oxygen atoms in total. The highest BCUT2D eigenvalue weighted by Crippen LogP contribution is 2.33. The number of ether oxygens (including phenoxy) is 1. The van der Waals surface area contributed by atoms with Crippen LogP contribution >= 0.6 is 0 Å². The highest BCUT2D eigenvalue weighted by atomic mass is 16.5. The second-order valence-electron chi connectivity index (χ2n) is 5.60. The monoisotopic (exact) mass is 278 g/mol. The topological polar surface area (TPSA) is 44.7 Å². The van der Waals surface area contributed by atoms with Gasteiger partial charge in [-0.3, -0.25) is 4.90 Å². The van der Waals surface area contributed by atoms with Crippen LogP contribution in [0, 0.1) is 0 Å². The van der Waals surface area contributed by atoms with Gasteiger partial charge in [0.05, 0.1) is 7.11 Å². The van der Waals surface area contributed by atoms with Crippen LogP contribution in [-0.4, -0.2) is 43.3 Å². The molecule has 1 aliphatic rings. The largest absolute Gasteiger partial charge is 0.508 e. The van der Waals surface area contributed by atoms with E-state index in [-0.39, 0.29) is 6.04 Å². The number of nitrogens with zero attached hydrogens (tertiary/aromatic N) is 1. The first-order valence-corrected chi connectivity index (χ1v) is 7.43. The fourth-order valence-corrected chi connectivity index (χ4v) is 2.94. The maximum absolute atomic E-state index is 10.1. The first kappa shape index (κ1) is 15.1. The number of phenolic OH excluding ortho intramolecular Hbond substituents is 1. The van der Waals surface area contributed by atoms with Crippen LogP contribution in [0.15, 0.2) is 18.2 Å². The summed E-state index contributed by atoms with van der Waals surface area (Å²) in [6.45, 7) is 4.34. The van der Waals surface area contributed by atoms with Gasteiger partial charge < -0.3 is 15.2 Å². The average Bonchev–Trinajstić information content (AvgIpc) is 2.75. The van der Waals surface area contributed by atoms with Crippen LogP contribution in [0.1, 0.15) is 37.8 Å². The summed E-state index contributed by atoms with van der Waals surface area (Å²) in [5.41, 5.74) is 0.934. The van der Waals surface area contributed by atoms with E-state index in [0.29, 0.717) is 11.8 Å². The molecule has 2 atom stereocenters. The molecule has 0 bridgehead atoms. The Kier molecular flexibility index (Phi) is 5.26. The molecule has 2 N–H and O–H groups in total. The highest BCUT2D eigenvalue weighted by Gasteiger charge is 2.23. The van der Waals surface area contributed by atoms with Crippen LogP contribution in [0.5, 0.6) is 11.5 Å². The minimum absolute atomic E-state index is 0.174. The van der Waals surface area contributed by atoms with Gasteiger partial charge in [-0.25, -0.2) is 0 Å². The molecule has 0 amide bonds. The van der Waals surface area contributed by atoms with Crippen LogP contribution in [-0.2, 0) is 0 Å². The number of hydrogen-bond acceptors (Lipinski definition) is 4. The van der Waals surface area contributed by atoms with Crippen molar-refractivity contribution in [3.63, 3.8) is 0 Å². The predicted octanol–water partition coefficient (Wildman–Crippen LogP) is 2.54. The van der Waals surface area contributed by atoms with Crippen molar-refractivity contribution in [3.8, 4) is 11.5 Å². The Balaban J connectivity index is 2.14. The normalized spacial score (nSPS) is 21.5. The maximum Gasteiger partial charge on any atom is 0.120 e. The van der Waals surface area contributed by atoms with Gasteiger partial charge in [0.2, 0.25) is 0 Å². The Morgan fingerprint density at radius 2 is 2.15 bits per heavy atom. The van der Waals surface area contributed by atoms with Crippen molar-refractivity contribution in [2.45, 2.75) is 38.3 Å². The van der Waals surface area contributed by atoms with Crippen molar-refractivity contribution >= 4 is 0 Å². The van der Waals surface area contributed by atoms with E-state index in [1.54, 1.807) is 19.2 Å². The number of nitrogens with one attached hydrogen (secondary N) is 1. The molecule has 112 valence electrons. The van der Waals surface area contributed by atoms with E-state index in [9.17, 15) is 5.11 Å². The quantitative estimate of drug-likeness (QED) is 0.888. The zero-order valence-electron chi connectivity index (χ0n) is 12.7. The molecule has 0 aromatic heterocycles. The second-order valence-corrected chi connectivity index (χ2v) is 5.60. The van der Waals surface area contributed by atoms with Gasteiger partial charge in [0.1, 0.15) is 11.5 Å². The Hall–Kier alpha value is -1.26. The smallest absolute Gasteiger partial charge is 0.120 e. The lowest BCUT2D eigenvalue weighted by atomic mass is 10.0. The van der Waals surface area contributed by atoms with Gasteiger partial charge in [-0.05, 0) is 64.5 Å². The molecule has 1 saturated heterocycles. The summed E-state index contributed by atoms with van der Waals surface area (Å²) in [7, 11) is 3.81. The molecule has 20 heavy (non-hydrogen) atoms. The lowest BCUT2D eigenvalue weighted by molar-refractivity contribution is 0.168. The first-order valence-electron chi connectivity index (χ1n) is 7.43. The van der Waals surface area contributed by atoms with Crippen molar-refractivity contribution in [2.75, 3.05) is 27.2 Å². The van der Waals surface area contributed by atoms with Crippen molar-refractivity contribution in [3.05, 3.63) is 23.8 Å². The zero-order valence-corrected chi connectivity index (χ0v) is 12.7.